The van der Waals surface area contributed by atoms with Gasteiger partial charge in [0.05, 0.1) is 6.20 Å². The van der Waals surface area contributed by atoms with Crippen LogP contribution < -0.4 is 5.32 Å². The number of nitrogens with zero attached hydrogens (tertiary/aromatic N) is 2. The highest BCUT2D eigenvalue weighted by Gasteiger charge is 2.01. The summed E-state index contributed by atoms with van der Waals surface area (Å²) in [5, 5.41) is 7.83. The summed E-state index contributed by atoms with van der Waals surface area (Å²) >= 11 is 0. The van der Waals surface area contributed by atoms with Crippen LogP contribution in [0.15, 0.2) is 12.4 Å². The minimum Gasteiger partial charge on any atom is -0.316 e. The van der Waals surface area contributed by atoms with Gasteiger partial charge in [-0.05, 0) is 57.7 Å². The maximum atomic E-state index is 4.35. The fraction of sp³-hybridized carbons (Fsp3) is 0.786. The first-order chi connectivity index (χ1) is 8.09. The van der Waals surface area contributed by atoms with Crippen LogP contribution in [0, 0.1) is 5.92 Å². The van der Waals surface area contributed by atoms with E-state index in [2.05, 4.69) is 44.3 Å². The molecule has 0 radical (unpaired) electrons. The number of nitrogens with one attached hydrogen (secondary N) is 1. The van der Waals surface area contributed by atoms with Crippen LogP contribution in [-0.2, 0) is 6.42 Å². The van der Waals surface area contributed by atoms with Crippen molar-refractivity contribution in [2.75, 3.05) is 13.1 Å². The van der Waals surface area contributed by atoms with E-state index in [1.807, 2.05) is 10.9 Å². The average Bonchev–Trinajstić information content (AvgIpc) is 2.71. The van der Waals surface area contributed by atoms with Crippen LogP contribution in [0.5, 0.6) is 0 Å². The van der Waals surface area contributed by atoms with Gasteiger partial charge in [-0.1, -0.05) is 13.8 Å². The lowest BCUT2D eigenvalue weighted by Gasteiger charge is -2.06. The second kappa shape index (κ2) is 7.49. The van der Waals surface area contributed by atoms with Crippen LogP contribution in [0.4, 0.5) is 0 Å². The number of aromatic nitrogens is 2. The van der Waals surface area contributed by atoms with Gasteiger partial charge in [-0.15, -0.1) is 0 Å². The predicted octanol–water partition coefficient (Wildman–Crippen LogP) is 3.03. The summed E-state index contributed by atoms with van der Waals surface area (Å²) in [5.74, 6) is 0.749. The van der Waals surface area contributed by atoms with E-state index in [1.54, 1.807) is 0 Å². The van der Waals surface area contributed by atoms with E-state index in [0.717, 1.165) is 25.4 Å². The normalized spacial score (nSPS) is 11.6. The van der Waals surface area contributed by atoms with Gasteiger partial charge in [0.1, 0.15) is 0 Å². The minimum atomic E-state index is 0.469. The maximum absolute atomic E-state index is 4.35. The van der Waals surface area contributed by atoms with Crippen LogP contribution in [0.25, 0.3) is 0 Å². The molecule has 0 amide bonds. The number of aryl methyl sites for hydroxylation is 1. The fourth-order valence-corrected chi connectivity index (χ4v) is 1.76. The Morgan fingerprint density at radius 3 is 2.59 bits per heavy atom. The van der Waals surface area contributed by atoms with Gasteiger partial charge in [0, 0.05) is 12.2 Å². The molecule has 0 spiro atoms. The zero-order valence-corrected chi connectivity index (χ0v) is 11.7. The first-order valence-corrected chi connectivity index (χ1v) is 6.83. The van der Waals surface area contributed by atoms with Crippen molar-refractivity contribution in [1.82, 2.24) is 15.1 Å². The van der Waals surface area contributed by atoms with Gasteiger partial charge in [-0.3, -0.25) is 4.68 Å². The summed E-state index contributed by atoms with van der Waals surface area (Å²) in [7, 11) is 0. The Hall–Kier alpha value is -0.830. The van der Waals surface area contributed by atoms with E-state index in [0.29, 0.717) is 6.04 Å². The van der Waals surface area contributed by atoms with E-state index in [1.165, 1.54) is 18.4 Å². The Morgan fingerprint density at radius 1 is 1.24 bits per heavy atom. The maximum Gasteiger partial charge on any atom is 0.0521 e. The lowest BCUT2D eigenvalue weighted by atomic mass is 10.1. The minimum absolute atomic E-state index is 0.469. The third-order valence-corrected chi connectivity index (χ3v) is 2.81. The van der Waals surface area contributed by atoms with Crippen LogP contribution in [0.1, 0.15) is 52.1 Å². The highest BCUT2D eigenvalue weighted by atomic mass is 15.3. The topological polar surface area (TPSA) is 29.9 Å². The molecule has 17 heavy (non-hydrogen) atoms. The zero-order valence-electron chi connectivity index (χ0n) is 11.7. The Balaban J connectivity index is 2.09. The van der Waals surface area contributed by atoms with Gasteiger partial charge in [0.15, 0.2) is 0 Å². The lowest BCUT2D eigenvalue weighted by Crippen LogP contribution is -2.20. The molecule has 0 saturated carbocycles. The molecule has 0 bridgehead atoms. The van der Waals surface area contributed by atoms with Crippen molar-refractivity contribution in [2.45, 2.75) is 53.0 Å². The van der Waals surface area contributed by atoms with Gasteiger partial charge < -0.3 is 5.32 Å². The smallest absolute Gasteiger partial charge is 0.0521 e. The van der Waals surface area contributed by atoms with Crippen molar-refractivity contribution >= 4 is 0 Å². The highest BCUT2D eigenvalue weighted by Crippen LogP contribution is 2.08. The first kappa shape index (κ1) is 14.2. The summed E-state index contributed by atoms with van der Waals surface area (Å²) in [5.41, 5.74) is 1.36. The van der Waals surface area contributed by atoms with Crippen LogP contribution >= 0.6 is 0 Å². The highest BCUT2D eigenvalue weighted by molar-refractivity contribution is 5.04. The van der Waals surface area contributed by atoms with Gasteiger partial charge in [-0.25, -0.2) is 0 Å². The Bertz CT molecular complexity index is 302. The molecule has 1 aromatic rings. The van der Waals surface area contributed by atoms with Gasteiger partial charge >= 0.3 is 0 Å². The molecule has 1 aromatic heterocycles. The Kier molecular flexibility index (Phi) is 6.27. The number of hydrogen-bond donors (Lipinski definition) is 1. The second-order valence-corrected chi connectivity index (χ2v) is 5.48. The summed E-state index contributed by atoms with van der Waals surface area (Å²) in [4.78, 5) is 0. The molecule has 3 nitrogen and oxygen atoms in total. The van der Waals surface area contributed by atoms with E-state index in [4.69, 9.17) is 0 Å². The van der Waals surface area contributed by atoms with Gasteiger partial charge in [-0.2, -0.15) is 5.10 Å². The predicted molar refractivity (Wildman–Crippen MR) is 73.3 cm³/mol. The average molecular weight is 237 g/mol. The first-order valence-electron chi connectivity index (χ1n) is 6.83. The van der Waals surface area contributed by atoms with E-state index in [9.17, 15) is 0 Å². The van der Waals surface area contributed by atoms with Crippen molar-refractivity contribution in [2.24, 2.45) is 5.92 Å². The molecule has 1 heterocycles. The molecule has 0 aromatic carbocycles. The van der Waals surface area contributed by atoms with Crippen molar-refractivity contribution in [3.63, 3.8) is 0 Å². The van der Waals surface area contributed by atoms with Crippen LogP contribution in [0.3, 0.4) is 0 Å². The summed E-state index contributed by atoms with van der Waals surface area (Å²) in [6, 6.07) is 0.469. The van der Waals surface area contributed by atoms with Gasteiger partial charge in [0.25, 0.3) is 0 Å². The van der Waals surface area contributed by atoms with E-state index < -0.39 is 0 Å². The summed E-state index contributed by atoms with van der Waals surface area (Å²) in [6.45, 7) is 11.1. The van der Waals surface area contributed by atoms with Crippen molar-refractivity contribution in [3.8, 4) is 0 Å². The molecule has 0 aliphatic rings. The van der Waals surface area contributed by atoms with Gasteiger partial charge in [0.2, 0.25) is 0 Å². The quantitative estimate of drug-likeness (QED) is 0.704. The Labute approximate surface area is 106 Å². The molecule has 0 atom stereocenters. The largest absolute Gasteiger partial charge is 0.316 e. The van der Waals surface area contributed by atoms with Crippen molar-refractivity contribution in [1.29, 1.82) is 0 Å². The molecule has 0 fully saturated rings. The fourth-order valence-electron chi connectivity index (χ4n) is 1.76. The summed E-state index contributed by atoms with van der Waals surface area (Å²) < 4.78 is 2.03. The summed E-state index contributed by atoms with van der Waals surface area (Å²) in [6.07, 6.45) is 7.82. The van der Waals surface area contributed by atoms with Crippen LogP contribution in [0.2, 0.25) is 0 Å². The van der Waals surface area contributed by atoms with Crippen molar-refractivity contribution < 1.29 is 0 Å². The third-order valence-electron chi connectivity index (χ3n) is 2.81. The second-order valence-electron chi connectivity index (χ2n) is 5.48. The molecule has 98 valence electrons. The third kappa shape index (κ3) is 5.87. The molecule has 0 aliphatic heterocycles. The lowest BCUT2D eigenvalue weighted by molar-refractivity contribution is 0.530. The molecular formula is C14H27N3. The molecule has 0 aliphatic carbocycles. The SMILES string of the molecule is CC(C)CNCCCCc1cnn(C(C)C)c1. The molecular weight excluding hydrogens is 210 g/mol. The molecule has 1 N–H and O–H groups in total. The molecule has 0 unspecified atom stereocenters. The van der Waals surface area contributed by atoms with Crippen molar-refractivity contribution in [3.05, 3.63) is 18.0 Å². The molecule has 3 heteroatoms. The number of rotatable bonds is 8. The number of unbranched alkanes of at least 4 members (excludes halogenated alkanes) is 1. The Morgan fingerprint density at radius 2 is 2.00 bits per heavy atom. The molecule has 1 rings (SSSR count). The zero-order chi connectivity index (χ0) is 12.7. The van der Waals surface area contributed by atoms with E-state index in [-0.39, 0.29) is 0 Å². The monoisotopic (exact) mass is 237 g/mol. The standard InChI is InChI=1S/C14H27N3/c1-12(2)9-15-8-6-5-7-14-10-16-17(11-14)13(3)4/h10-13,15H,5-9H2,1-4H3. The van der Waals surface area contributed by atoms with Crippen LogP contribution in [-0.4, -0.2) is 22.9 Å². The molecule has 0 saturated heterocycles. The number of hydrogen-bond acceptors (Lipinski definition) is 2. The van der Waals surface area contributed by atoms with E-state index >= 15 is 0 Å².